The summed E-state index contributed by atoms with van der Waals surface area (Å²) in [5.41, 5.74) is 3.00. The number of halogens is 1. The number of hydrogen-bond acceptors (Lipinski definition) is 7. The van der Waals surface area contributed by atoms with Crippen molar-refractivity contribution in [1.82, 2.24) is 5.43 Å². The van der Waals surface area contributed by atoms with Crippen LogP contribution in [0.2, 0.25) is 0 Å². The van der Waals surface area contributed by atoms with E-state index in [0.29, 0.717) is 28.5 Å². The molecule has 0 spiro atoms. The van der Waals surface area contributed by atoms with Gasteiger partial charge in [0, 0.05) is 11.8 Å². The summed E-state index contributed by atoms with van der Waals surface area (Å²) in [4.78, 5) is 36.0. The van der Waals surface area contributed by atoms with Crippen molar-refractivity contribution in [1.29, 1.82) is 0 Å². The van der Waals surface area contributed by atoms with E-state index in [-0.39, 0.29) is 18.2 Å². The van der Waals surface area contributed by atoms with E-state index in [1.54, 1.807) is 42.5 Å². The molecule has 36 heavy (non-hydrogen) atoms. The van der Waals surface area contributed by atoms with E-state index in [9.17, 15) is 18.8 Å². The Kier molecular flexibility index (Phi) is 8.93. The summed E-state index contributed by atoms with van der Waals surface area (Å²) in [6.07, 6.45) is 1.27. The van der Waals surface area contributed by atoms with E-state index in [0.717, 1.165) is 6.07 Å². The molecule has 3 N–H and O–H groups in total. The van der Waals surface area contributed by atoms with Crippen LogP contribution in [0, 0.1) is 5.82 Å². The molecule has 0 saturated carbocycles. The van der Waals surface area contributed by atoms with Crippen LogP contribution in [0.25, 0.3) is 0 Å². The number of hydrogen-bond donors (Lipinski definition) is 3. The summed E-state index contributed by atoms with van der Waals surface area (Å²) in [5, 5.41) is 8.57. The van der Waals surface area contributed by atoms with Gasteiger partial charge in [0.1, 0.15) is 11.6 Å². The van der Waals surface area contributed by atoms with Gasteiger partial charge < -0.3 is 24.8 Å². The molecule has 3 amide bonds. The number of para-hydroxylation sites is 1. The highest BCUT2D eigenvalue weighted by atomic mass is 19.1. The number of carbonyl (C=O) groups excluding carboxylic acids is 3. The van der Waals surface area contributed by atoms with Gasteiger partial charge in [-0.05, 0) is 48.0 Å². The summed E-state index contributed by atoms with van der Waals surface area (Å²) in [7, 11) is 2.96. The van der Waals surface area contributed by atoms with Crippen molar-refractivity contribution >= 4 is 35.3 Å². The van der Waals surface area contributed by atoms with E-state index in [2.05, 4.69) is 21.2 Å². The van der Waals surface area contributed by atoms with Gasteiger partial charge in [0.05, 0.1) is 26.1 Å². The third kappa shape index (κ3) is 7.29. The minimum absolute atomic E-state index is 0.126. The van der Waals surface area contributed by atoms with Crippen LogP contribution in [0.15, 0.2) is 71.8 Å². The predicted molar refractivity (Wildman–Crippen MR) is 131 cm³/mol. The molecule has 186 valence electrons. The lowest BCUT2D eigenvalue weighted by Gasteiger charge is -2.12. The van der Waals surface area contributed by atoms with Crippen LogP contribution in [0.5, 0.6) is 17.2 Å². The van der Waals surface area contributed by atoms with Crippen LogP contribution in [0.1, 0.15) is 5.56 Å². The lowest BCUT2D eigenvalue weighted by Crippen LogP contribution is -2.32. The fourth-order valence-corrected chi connectivity index (χ4v) is 2.88. The zero-order chi connectivity index (χ0) is 25.9. The van der Waals surface area contributed by atoms with E-state index < -0.39 is 17.6 Å². The molecule has 3 rings (SSSR count). The number of ether oxygens (including phenoxy) is 3. The Morgan fingerprint density at radius 2 is 1.69 bits per heavy atom. The van der Waals surface area contributed by atoms with Crippen molar-refractivity contribution in [2.24, 2.45) is 5.10 Å². The lowest BCUT2D eigenvalue weighted by molar-refractivity contribution is -0.136. The second-order valence-electron chi connectivity index (χ2n) is 7.11. The average molecular weight is 494 g/mol. The molecule has 0 fully saturated rings. The second-order valence-corrected chi connectivity index (χ2v) is 7.11. The molecule has 0 radical (unpaired) electrons. The summed E-state index contributed by atoms with van der Waals surface area (Å²) in [6.45, 7) is -0.270. The standard InChI is InChI=1S/C25H23FN4O6/c1-34-18-7-5-6-17(13-18)28-23(31)15-36-21-11-10-16(12-22(21)35-2)14-27-30-25(33)24(32)29-20-9-4-3-8-19(20)26/h3-14H,15H2,1-2H3,(H,28,31)(H,29,32)(H,30,33)/b27-14-. The highest BCUT2D eigenvalue weighted by Gasteiger charge is 2.15. The highest BCUT2D eigenvalue weighted by molar-refractivity contribution is 6.39. The smallest absolute Gasteiger partial charge is 0.329 e. The maximum atomic E-state index is 13.6. The van der Waals surface area contributed by atoms with E-state index >= 15 is 0 Å². The quantitative estimate of drug-likeness (QED) is 0.239. The van der Waals surface area contributed by atoms with Crippen LogP contribution >= 0.6 is 0 Å². The number of amides is 3. The van der Waals surface area contributed by atoms with Gasteiger partial charge in [-0.15, -0.1) is 0 Å². The Hall–Kier alpha value is -4.93. The Morgan fingerprint density at radius 3 is 2.44 bits per heavy atom. The molecule has 0 unspecified atom stereocenters. The summed E-state index contributed by atoms with van der Waals surface area (Å²) in [5.74, 6) is -1.98. The van der Waals surface area contributed by atoms with Crippen LogP contribution in [0.3, 0.4) is 0 Å². The monoisotopic (exact) mass is 494 g/mol. The molecule has 0 bridgehead atoms. The van der Waals surface area contributed by atoms with Crippen molar-refractivity contribution < 1.29 is 33.0 Å². The van der Waals surface area contributed by atoms with Crippen LogP contribution in [-0.4, -0.2) is 44.8 Å². The molecule has 0 saturated heterocycles. The number of anilines is 2. The van der Waals surface area contributed by atoms with Crippen LogP contribution < -0.4 is 30.3 Å². The molecule has 0 aliphatic heterocycles. The van der Waals surface area contributed by atoms with Gasteiger partial charge >= 0.3 is 11.8 Å². The first-order valence-electron chi connectivity index (χ1n) is 10.5. The Labute approximate surface area is 206 Å². The maximum absolute atomic E-state index is 13.6. The number of hydrazone groups is 1. The maximum Gasteiger partial charge on any atom is 0.329 e. The Balaban J connectivity index is 1.53. The number of carbonyl (C=O) groups is 3. The largest absolute Gasteiger partial charge is 0.497 e. The van der Waals surface area contributed by atoms with Crippen molar-refractivity contribution in [3.05, 3.63) is 78.1 Å². The molecule has 11 heteroatoms. The van der Waals surface area contributed by atoms with Crippen molar-refractivity contribution in [2.45, 2.75) is 0 Å². The molecule has 0 aliphatic rings. The first kappa shape index (κ1) is 25.7. The molecule has 3 aromatic carbocycles. The molecule has 3 aromatic rings. The van der Waals surface area contributed by atoms with Gasteiger partial charge in [-0.3, -0.25) is 14.4 Å². The number of methoxy groups -OCH3 is 2. The van der Waals surface area contributed by atoms with E-state index in [1.807, 2.05) is 0 Å². The average Bonchev–Trinajstić information content (AvgIpc) is 2.89. The summed E-state index contributed by atoms with van der Waals surface area (Å²) >= 11 is 0. The van der Waals surface area contributed by atoms with Crippen LogP contribution in [0.4, 0.5) is 15.8 Å². The predicted octanol–water partition coefficient (Wildman–Crippen LogP) is 2.95. The Morgan fingerprint density at radius 1 is 0.889 bits per heavy atom. The minimum Gasteiger partial charge on any atom is -0.497 e. The minimum atomic E-state index is -1.08. The summed E-state index contributed by atoms with van der Waals surface area (Å²) < 4.78 is 29.5. The zero-order valence-electron chi connectivity index (χ0n) is 19.4. The van der Waals surface area contributed by atoms with Gasteiger partial charge in [0.15, 0.2) is 18.1 Å². The molecule has 0 atom stereocenters. The third-order valence-corrected chi connectivity index (χ3v) is 4.61. The topological polar surface area (TPSA) is 127 Å². The second kappa shape index (κ2) is 12.5. The molecular weight excluding hydrogens is 471 g/mol. The summed E-state index contributed by atoms with van der Waals surface area (Å²) in [6, 6.07) is 17.1. The lowest BCUT2D eigenvalue weighted by atomic mass is 10.2. The van der Waals surface area contributed by atoms with Gasteiger partial charge in [-0.25, -0.2) is 9.82 Å². The van der Waals surface area contributed by atoms with Crippen molar-refractivity contribution in [2.75, 3.05) is 31.5 Å². The van der Waals surface area contributed by atoms with Gasteiger partial charge in [0.25, 0.3) is 5.91 Å². The molecule has 10 nitrogen and oxygen atoms in total. The van der Waals surface area contributed by atoms with E-state index in [1.165, 1.54) is 38.6 Å². The first-order chi connectivity index (χ1) is 17.4. The molecular formula is C25H23FN4O6. The molecule has 0 heterocycles. The SMILES string of the molecule is COc1cccc(NC(=O)COc2ccc(/C=N\NC(=O)C(=O)Nc3ccccc3F)cc2OC)c1. The fraction of sp³-hybridized carbons (Fsp3) is 0.120. The van der Waals surface area contributed by atoms with Crippen molar-refractivity contribution in [3.8, 4) is 17.2 Å². The normalized spacial score (nSPS) is 10.4. The fourth-order valence-electron chi connectivity index (χ4n) is 2.88. The number of nitrogens with zero attached hydrogens (tertiary/aromatic N) is 1. The Bertz CT molecular complexity index is 1280. The van der Waals surface area contributed by atoms with Gasteiger partial charge in [0.2, 0.25) is 0 Å². The number of rotatable bonds is 9. The highest BCUT2D eigenvalue weighted by Crippen LogP contribution is 2.27. The zero-order valence-corrected chi connectivity index (χ0v) is 19.4. The van der Waals surface area contributed by atoms with Gasteiger partial charge in [-0.1, -0.05) is 18.2 Å². The van der Waals surface area contributed by atoms with Crippen LogP contribution in [-0.2, 0) is 14.4 Å². The van der Waals surface area contributed by atoms with E-state index in [4.69, 9.17) is 14.2 Å². The third-order valence-electron chi connectivity index (χ3n) is 4.61. The first-order valence-corrected chi connectivity index (χ1v) is 10.5. The van der Waals surface area contributed by atoms with Crippen molar-refractivity contribution in [3.63, 3.8) is 0 Å². The number of benzene rings is 3. The van der Waals surface area contributed by atoms with Gasteiger partial charge in [-0.2, -0.15) is 5.10 Å². The molecule has 0 aliphatic carbocycles. The number of nitrogens with one attached hydrogen (secondary N) is 3. The molecule has 0 aromatic heterocycles.